The molecule has 15 nitrogen and oxygen atoms in total. The van der Waals surface area contributed by atoms with E-state index < -0.39 is 23.8 Å². The first-order chi connectivity index (χ1) is 40.4. The summed E-state index contributed by atoms with van der Waals surface area (Å²) >= 11 is 19.1. The molecule has 1 unspecified atom stereocenters. The van der Waals surface area contributed by atoms with Crippen LogP contribution in [0.2, 0.25) is 15.1 Å². The fourth-order valence-corrected chi connectivity index (χ4v) is 11.4. The number of aliphatic carboxylic acids is 2. The molecule has 0 saturated carbocycles. The zero-order valence-electron chi connectivity index (χ0n) is 49.6. The zero-order chi connectivity index (χ0) is 62.3. The van der Waals surface area contributed by atoms with Crippen molar-refractivity contribution in [1.82, 2.24) is 13.7 Å². The highest BCUT2D eigenvalue weighted by atomic mass is 35.5. The van der Waals surface area contributed by atoms with Gasteiger partial charge in [0.1, 0.15) is 17.2 Å². The molecule has 0 radical (unpaired) electrons. The van der Waals surface area contributed by atoms with E-state index in [1.54, 1.807) is 104 Å². The number of hydrogen-bond acceptors (Lipinski definition) is 10. The highest BCUT2D eigenvalue weighted by molar-refractivity contribution is 6.34. The van der Waals surface area contributed by atoms with Crippen LogP contribution in [-0.4, -0.2) is 80.9 Å². The number of hydrogen-bond donors (Lipinski definition) is 2. The molecule has 0 saturated heterocycles. The lowest BCUT2D eigenvalue weighted by Crippen LogP contribution is -2.16. The summed E-state index contributed by atoms with van der Waals surface area (Å²) in [4.78, 5) is 75.2. The normalized spacial score (nSPS) is 11.4. The van der Waals surface area contributed by atoms with Gasteiger partial charge in [-0.3, -0.25) is 42.5 Å². The number of methoxy groups -OCH3 is 3. The molecule has 1 atom stereocenters. The number of aryl methyl sites for hydroxylation is 4. The largest absolute Gasteiger partial charge is 0.495 e. The van der Waals surface area contributed by atoms with Crippen LogP contribution in [0, 0.1) is 41.5 Å². The van der Waals surface area contributed by atoms with E-state index in [2.05, 4.69) is 0 Å². The van der Waals surface area contributed by atoms with E-state index in [0.29, 0.717) is 129 Å². The van der Waals surface area contributed by atoms with Gasteiger partial charge in [-0.1, -0.05) is 121 Å². The molecule has 0 bridgehead atoms. The van der Waals surface area contributed by atoms with Gasteiger partial charge in [-0.2, -0.15) is 0 Å². The quantitative estimate of drug-likeness (QED) is 0.0871. The SMILES string of the molecule is CCCCC(C(=O)O)c1c(C)n(C(=O)c2ccc(C)cc2)c2cc(Cl)c(OC)cc12.CCCc1c(OC)c(Cl)cc2c1c(OC(C)=O)c(C)n2C(=O)c1ccc(C)cc1.COc1cc2c(CC(=O)O)c(C)n(C(=O)c3ccc(C)cc3)c2cc1Cl. The lowest BCUT2D eigenvalue weighted by atomic mass is 9.91. The molecule has 0 aliphatic rings. The van der Waals surface area contributed by atoms with Crippen LogP contribution < -0.4 is 18.9 Å². The number of rotatable bonds is 16. The van der Waals surface area contributed by atoms with E-state index in [1.807, 2.05) is 71.0 Å². The average molecular weight is 1210 g/mol. The van der Waals surface area contributed by atoms with E-state index in [1.165, 1.54) is 25.7 Å². The molecule has 0 amide bonds. The summed E-state index contributed by atoms with van der Waals surface area (Å²) in [6.45, 7) is 16.6. The van der Waals surface area contributed by atoms with Crippen molar-refractivity contribution >= 4 is 103 Å². The summed E-state index contributed by atoms with van der Waals surface area (Å²) in [6, 6.07) is 30.3. The third kappa shape index (κ3) is 13.4. The molecule has 3 aromatic heterocycles. The second-order valence-electron chi connectivity index (χ2n) is 20.7. The van der Waals surface area contributed by atoms with Crippen molar-refractivity contribution in [3.63, 3.8) is 0 Å². The summed E-state index contributed by atoms with van der Waals surface area (Å²) in [6.07, 6.45) is 3.47. The van der Waals surface area contributed by atoms with Gasteiger partial charge in [-0.25, -0.2) is 0 Å². The predicted molar refractivity (Wildman–Crippen MR) is 334 cm³/mol. The summed E-state index contributed by atoms with van der Waals surface area (Å²) in [5.41, 5.74) is 10.3. The zero-order valence-corrected chi connectivity index (χ0v) is 51.9. The number of unbranched alkanes of at least 4 members (excludes halogenated alkanes) is 1. The number of carbonyl (C=O) groups excluding carboxylic acids is 4. The van der Waals surface area contributed by atoms with Gasteiger partial charge in [0.05, 0.1) is 76.4 Å². The number of nitrogens with zero attached hydrogens (tertiary/aromatic N) is 3. The molecular formula is C67H68Cl3N3O12. The van der Waals surface area contributed by atoms with Gasteiger partial charge < -0.3 is 29.2 Å². The highest BCUT2D eigenvalue weighted by Gasteiger charge is 2.31. The van der Waals surface area contributed by atoms with Crippen molar-refractivity contribution in [3.05, 3.63) is 185 Å². The predicted octanol–water partition coefficient (Wildman–Crippen LogP) is 15.7. The Morgan fingerprint density at radius 3 is 1.36 bits per heavy atom. The van der Waals surface area contributed by atoms with E-state index in [0.717, 1.165) is 41.5 Å². The second-order valence-corrected chi connectivity index (χ2v) is 21.9. The molecule has 2 N–H and O–H groups in total. The fourth-order valence-electron chi connectivity index (χ4n) is 10.6. The standard InChI is InChI=1S/C24H26ClNO4.C23H24ClNO4.C20H18ClNO4/c1-5-6-7-17(24(28)29)22-15(3)26(23(27)16-10-8-14(2)9-11-16)20-13-19(25)21(30-4)12-18(20)22;1-6-7-17-20-19(12-18(24)22(17)28-5)25(14(3)21(20)29-15(4)26)23(27)16-10-8-13(2)9-11-16;1-11-4-6-13(7-5-11)20(25)22-12(2)14(9-19(23)24)15-8-18(26-3)16(21)10-17(15)22/h8-13,17H,5-7H2,1-4H3,(H,28,29);8-12H,6-7H2,1-5H3;4-8,10H,9H2,1-3H3,(H,23,24). The van der Waals surface area contributed by atoms with Crippen LogP contribution >= 0.6 is 34.8 Å². The van der Waals surface area contributed by atoms with Gasteiger partial charge in [0.25, 0.3) is 17.7 Å². The molecular weight excluding hydrogens is 1150 g/mol. The number of ether oxygens (including phenoxy) is 4. The van der Waals surface area contributed by atoms with Crippen LogP contribution in [0.15, 0.2) is 103 Å². The van der Waals surface area contributed by atoms with E-state index >= 15 is 0 Å². The minimum atomic E-state index is -0.969. The Hall–Kier alpha value is -8.37. The summed E-state index contributed by atoms with van der Waals surface area (Å²) < 4.78 is 26.4. The Morgan fingerprint density at radius 1 is 0.518 bits per heavy atom. The molecule has 9 rings (SSSR count). The maximum atomic E-state index is 13.4. The molecule has 3 heterocycles. The number of carboxylic acids is 2. The van der Waals surface area contributed by atoms with Crippen LogP contribution in [0.5, 0.6) is 23.0 Å². The Morgan fingerprint density at radius 2 is 0.953 bits per heavy atom. The minimum Gasteiger partial charge on any atom is -0.495 e. The van der Waals surface area contributed by atoms with Gasteiger partial charge >= 0.3 is 17.9 Å². The topological polar surface area (TPSA) is 195 Å². The van der Waals surface area contributed by atoms with Crippen molar-refractivity contribution in [1.29, 1.82) is 0 Å². The highest BCUT2D eigenvalue weighted by Crippen LogP contribution is 2.45. The molecule has 18 heteroatoms. The van der Waals surface area contributed by atoms with Crippen LogP contribution in [-0.2, 0) is 27.2 Å². The van der Waals surface area contributed by atoms with Crippen LogP contribution in [0.4, 0.5) is 0 Å². The van der Waals surface area contributed by atoms with Gasteiger partial charge in [-0.15, -0.1) is 0 Å². The number of halogens is 3. The molecule has 85 heavy (non-hydrogen) atoms. The molecule has 444 valence electrons. The monoisotopic (exact) mass is 1210 g/mol. The summed E-state index contributed by atoms with van der Waals surface area (Å²) in [7, 11) is 4.56. The molecule has 9 aromatic rings. The average Bonchev–Trinajstić information content (AvgIpc) is 1.82. The number of carboxylic acid groups (broad SMARTS) is 2. The fraction of sp³-hybridized carbons (Fsp3) is 0.284. The van der Waals surface area contributed by atoms with E-state index in [4.69, 9.17) is 53.8 Å². The minimum absolute atomic E-state index is 0.193. The first kappa shape index (κ1) is 64.2. The third-order valence-corrected chi connectivity index (χ3v) is 15.7. The molecule has 6 aromatic carbocycles. The Balaban J connectivity index is 0.000000183. The number of esters is 1. The molecule has 0 aliphatic carbocycles. The van der Waals surface area contributed by atoms with Crippen LogP contribution in [0.25, 0.3) is 32.7 Å². The van der Waals surface area contributed by atoms with E-state index in [9.17, 15) is 39.0 Å². The van der Waals surface area contributed by atoms with Gasteiger partial charge in [0.2, 0.25) is 0 Å². The van der Waals surface area contributed by atoms with Crippen molar-refractivity contribution in [2.75, 3.05) is 21.3 Å². The lowest BCUT2D eigenvalue weighted by Gasteiger charge is -2.14. The van der Waals surface area contributed by atoms with Gasteiger partial charge in [0.15, 0.2) is 5.75 Å². The first-order valence-corrected chi connectivity index (χ1v) is 28.7. The van der Waals surface area contributed by atoms with E-state index in [-0.39, 0.29) is 24.1 Å². The maximum absolute atomic E-state index is 13.4. The number of carbonyl (C=O) groups is 6. The molecule has 0 spiro atoms. The van der Waals surface area contributed by atoms with Crippen molar-refractivity contribution in [3.8, 4) is 23.0 Å². The number of benzene rings is 6. The van der Waals surface area contributed by atoms with Crippen molar-refractivity contribution < 1.29 is 57.9 Å². The Kier molecular flexibility index (Phi) is 20.8. The number of fused-ring (bicyclic) bond motifs is 3. The van der Waals surface area contributed by atoms with Crippen LogP contribution in [0.1, 0.15) is 134 Å². The van der Waals surface area contributed by atoms with Gasteiger partial charge in [0, 0.05) is 51.3 Å². The second kappa shape index (κ2) is 27.6. The molecule has 0 fully saturated rings. The number of aromatic nitrogens is 3. The smallest absolute Gasteiger partial charge is 0.311 e. The molecule has 0 aliphatic heterocycles. The Labute approximate surface area is 508 Å². The third-order valence-electron chi connectivity index (χ3n) is 14.9. The summed E-state index contributed by atoms with van der Waals surface area (Å²) in [5.74, 6) is -1.91. The lowest BCUT2D eigenvalue weighted by molar-refractivity contribution is -0.139. The van der Waals surface area contributed by atoms with Crippen molar-refractivity contribution in [2.45, 2.75) is 107 Å². The Bertz CT molecular complexity index is 4040. The maximum Gasteiger partial charge on any atom is 0.311 e. The first-order valence-electron chi connectivity index (χ1n) is 27.6. The van der Waals surface area contributed by atoms with Gasteiger partial charge in [-0.05, 0) is 132 Å². The van der Waals surface area contributed by atoms with Crippen molar-refractivity contribution in [2.24, 2.45) is 0 Å². The summed E-state index contributed by atoms with van der Waals surface area (Å²) in [5, 5.41) is 22.4. The van der Waals surface area contributed by atoms with Crippen LogP contribution in [0.3, 0.4) is 0 Å².